The first-order valence-electron chi connectivity index (χ1n) is 8.59. The van der Waals surface area contributed by atoms with Gasteiger partial charge in [-0.05, 0) is 35.9 Å². The standard InChI is InChI=1S/C22H14FNO4S/c23-15-8-5-13(6-9-15)7-10-19-20(22(26)27)16(12-29-19)24-21(25)18-11-14-3-1-2-4-17(14)28-18/h1-12H,(H,24,25)(H,26,27)/b10-7+. The van der Waals surface area contributed by atoms with Crippen LogP contribution in [-0.4, -0.2) is 17.0 Å². The minimum Gasteiger partial charge on any atom is -0.478 e. The molecule has 5 nitrogen and oxygen atoms in total. The Kier molecular flexibility index (Phi) is 4.97. The smallest absolute Gasteiger partial charge is 0.339 e. The predicted molar refractivity (Wildman–Crippen MR) is 111 cm³/mol. The summed E-state index contributed by atoms with van der Waals surface area (Å²) in [7, 11) is 0. The molecule has 29 heavy (non-hydrogen) atoms. The zero-order valence-electron chi connectivity index (χ0n) is 14.9. The summed E-state index contributed by atoms with van der Waals surface area (Å²) in [6.45, 7) is 0. The number of para-hydroxylation sites is 1. The average molecular weight is 407 g/mol. The van der Waals surface area contributed by atoms with Crippen molar-refractivity contribution in [2.45, 2.75) is 0 Å². The highest BCUT2D eigenvalue weighted by Crippen LogP contribution is 2.30. The van der Waals surface area contributed by atoms with Crippen molar-refractivity contribution >= 4 is 52.0 Å². The first kappa shape index (κ1) is 18.6. The molecule has 0 fully saturated rings. The number of amides is 1. The maximum Gasteiger partial charge on any atom is 0.339 e. The fraction of sp³-hybridized carbons (Fsp3) is 0. The van der Waals surface area contributed by atoms with Crippen LogP contribution >= 0.6 is 11.3 Å². The van der Waals surface area contributed by atoms with Gasteiger partial charge in [-0.2, -0.15) is 0 Å². The summed E-state index contributed by atoms with van der Waals surface area (Å²) in [5.41, 5.74) is 1.47. The maximum absolute atomic E-state index is 13.0. The van der Waals surface area contributed by atoms with Crippen molar-refractivity contribution < 1.29 is 23.5 Å². The number of anilines is 1. The van der Waals surface area contributed by atoms with Crippen LogP contribution in [0, 0.1) is 5.82 Å². The summed E-state index contributed by atoms with van der Waals surface area (Å²) in [5, 5.41) is 14.6. The normalized spacial score (nSPS) is 11.2. The number of benzene rings is 2. The van der Waals surface area contributed by atoms with E-state index in [0.717, 1.165) is 10.9 Å². The quantitative estimate of drug-likeness (QED) is 0.441. The number of furan rings is 1. The van der Waals surface area contributed by atoms with E-state index in [4.69, 9.17) is 4.42 Å². The summed E-state index contributed by atoms with van der Waals surface area (Å²) in [6, 6.07) is 14.6. The van der Waals surface area contributed by atoms with Gasteiger partial charge >= 0.3 is 5.97 Å². The van der Waals surface area contributed by atoms with Crippen molar-refractivity contribution in [3.05, 3.63) is 87.6 Å². The summed E-state index contributed by atoms with van der Waals surface area (Å²) < 4.78 is 18.5. The van der Waals surface area contributed by atoms with Crippen LogP contribution in [0.1, 0.15) is 31.4 Å². The Labute approximate surface area is 168 Å². The Morgan fingerprint density at radius 2 is 1.83 bits per heavy atom. The van der Waals surface area contributed by atoms with E-state index in [-0.39, 0.29) is 22.8 Å². The lowest BCUT2D eigenvalue weighted by atomic mass is 10.1. The number of carboxylic acids is 1. The number of thiophene rings is 1. The molecule has 0 aliphatic rings. The minimum atomic E-state index is -1.16. The molecule has 144 valence electrons. The molecule has 2 N–H and O–H groups in total. The maximum atomic E-state index is 13.0. The van der Waals surface area contributed by atoms with Gasteiger partial charge in [0.05, 0.1) is 5.69 Å². The van der Waals surface area contributed by atoms with Gasteiger partial charge in [0.25, 0.3) is 5.91 Å². The summed E-state index contributed by atoms with van der Waals surface area (Å²) in [6.07, 6.45) is 3.31. The predicted octanol–water partition coefficient (Wildman–Crippen LogP) is 5.75. The van der Waals surface area contributed by atoms with E-state index in [9.17, 15) is 19.1 Å². The second kappa shape index (κ2) is 7.73. The SMILES string of the molecule is O=C(Nc1csc(/C=C/c2ccc(F)cc2)c1C(=O)O)c1cc2ccccc2o1. The number of fused-ring (bicyclic) bond motifs is 1. The third kappa shape index (κ3) is 3.95. The van der Waals surface area contributed by atoms with Crippen LogP contribution in [-0.2, 0) is 0 Å². The van der Waals surface area contributed by atoms with Gasteiger partial charge in [0.2, 0.25) is 0 Å². The molecule has 0 saturated carbocycles. The van der Waals surface area contributed by atoms with Gasteiger partial charge in [0.15, 0.2) is 5.76 Å². The van der Waals surface area contributed by atoms with Gasteiger partial charge in [-0.25, -0.2) is 9.18 Å². The van der Waals surface area contributed by atoms with Gasteiger partial charge in [0.1, 0.15) is 17.0 Å². The third-order valence-corrected chi connectivity index (χ3v) is 5.18. The molecule has 2 aromatic heterocycles. The van der Waals surface area contributed by atoms with Crippen LogP contribution in [0.2, 0.25) is 0 Å². The molecule has 0 aliphatic carbocycles. The summed E-state index contributed by atoms with van der Waals surface area (Å²) in [5.74, 6) is -1.95. The van der Waals surface area contributed by atoms with Crippen molar-refractivity contribution in [1.82, 2.24) is 0 Å². The largest absolute Gasteiger partial charge is 0.478 e. The van der Waals surface area contributed by atoms with Crippen LogP contribution in [0.25, 0.3) is 23.1 Å². The van der Waals surface area contributed by atoms with Crippen molar-refractivity contribution in [3.63, 3.8) is 0 Å². The lowest BCUT2D eigenvalue weighted by Gasteiger charge is -2.03. The van der Waals surface area contributed by atoms with Crippen LogP contribution in [0.4, 0.5) is 10.1 Å². The molecule has 7 heteroatoms. The van der Waals surface area contributed by atoms with Crippen molar-refractivity contribution in [2.75, 3.05) is 5.32 Å². The Morgan fingerprint density at radius 3 is 2.55 bits per heavy atom. The molecule has 4 rings (SSSR count). The number of carbonyl (C=O) groups is 2. The Morgan fingerprint density at radius 1 is 1.07 bits per heavy atom. The lowest BCUT2D eigenvalue weighted by Crippen LogP contribution is -2.13. The monoisotopic (exact) mass is 407 g/mol. The number of nitrogens with one attached hydrogen (secondary N) is 1. The topological polar surface area (TPSA) is 79.5 Å². The van der Waals surface area contributed by atoms with E-state index in [1.807, 2.05) is 12.1 Å². The van der Waals surface area contributed by atoms with Gasteiger partial charge < -0.3 is 14.8 Å². The van der Waals surface area contributed by atoms with E-state index in [0.29, 0.717) is 10.5 Å². The molecule has 0 atom stereocenters. The second-order valence-electron chi connectivity index (χ2n) is 6.18. The first-order valence-corrected chi connectivity index (χ1v) is 9.47. The van der Waals surface area contributed by atoms with Crippen LogP contribution in [0.3, 0.4) is 0 Å². The first-order chi connectivity index (χ1) is 14.0. The third-order valence-electron chi connectivity index (χ3n) is 4.23. The number of rotatable bonds is 5. The van der Waals surface area contributed by atoms with E-state index in [2.05, 4.69) is 5.32 Å². The highest BCUT2D eigenvalue weighted by atomic mass is 32.1. The minimum absolute atomic E-state index is 0.0159. The van der Waals surface area contributed by atoms with E-state index >= 15 is 0 Å². The second-order valence-corrected chi connectivity index (χ2v) is 7.09. The van der Waals surface area contributed by atoms with Crippen LogP contribution < -0.4 is 5.32 Å². The molecule has 1 amide bonds. The summed E-state index contributed by atoms with van der Waals surface area (Å²) >= 11 is 1.18. The molecule has 0 unspecified atom stereocenters. The molecule has 0 spiro atoms. The number of halogens is 1. The van der Waals surface area contributed by atoms with E-state index < -0.39 is 11.9 Å². The molecule has 0 radical (unpaired) electrons. The Hall–Kier alpha value is -3.71. The van der Waals surface area contributed by atoms with Gasteiger partial charge in [-0.1, -0.05) is 36.4 Å². The number of hydrogen-bond donors (Lipinski definition) is 2. The summed E-state index contributed by atoms with van der Waals surface area (Å²) in [4.78, 5) is 24.8. The fourth-order valence-electron chi connectivity index (χ4n) is 2.83. The Bertz CT molecular complexity index is 1200. The molecule has 2 heterocycles. The zero-order chi connectivity index (χ0) is 20.4. The molecular weight excluding hydrogens is 393 g/mol. The van der Waals surface area contributed by atoms with Gasteiger partial charge in [-0.15, -0.1) is 11.3 Å². The molecule has 4 aromatic rings. The van der Waals surface area contributed by atoms with Crippen molar-refractivity contribution in [3.8, 4) is 0 Å². The van der Waals surface area contributed by atoms with Gasteiger partial charge in [0, 0.05) is 15.6 Å². The lowest BCUT2D eigenvalue weighted by molar-refractivity contribution is 0.0698. The molecule has 0 aliphatic heterocycles. The number of hydrogen-bond acceptors (Lipinski definition) is 4. The number of aromatic carboxylic acids is 1. The molecule has 2 aromatic carbocycles. The molecule has 0 saturated heterocycles. The van der Waals surface area contributed by atoms with Crippen LogP contribution in [0.15, 0.2) is 64.4 Å². The number of carboxylic acid groups (broad SMARTS) is 1. The number of carbonyl (C=O) groups excluding carboxylic acids is 1. The average Bonchev–Trinajstić information content (AvgIpc) is 3.31. The highest BCUT2D eigenvalue weighted by Gasteiger charge is 2.20. The zero-order valence-corrected chi connectivity index (χ0v) is 15.7. The van der Waals surface area contributed by atoms with Crippen molar-refractivity contribution in [2.24, 2.45) is 0 Å². The molecular formula is C22H14FNO4S. The Balaban J connectivity index is 1.59. The van der Waals surface area contributed by atoms with E-state index in [1.165, 1.54) is 23.5 Å². The van der Waals surface area contributed by atoms with E-state index in [1.54, 1.807) is 47.9 Å². The van der Waals surface area contributed by atoms with Crippen molar-refractivity contribution in [1.29, 1.82) is 0 Å². The fourth-order valence-corrected chi connectivity index (χ4v) is 3.71. The highest BCUT2D eigenvalue weighted by molar-refractivity contribution is 7.12. The van der Waals surface area contributed by atoms with Gasteiger partial charge in [-0.3, -0.25) is 4.79 Å². The van der Waals surface area contributed by atoms with Crippen LogP contribution in [0.5, 0.6) is 0 Å². The molecule has 0 bridgehead atoms.